The van der Waals surface area contributed by atoms with Crippen molar-refractivity contribution in [2.24, 2.45) is 0 Å². The summed E-state index contributed by atoms with van der Waals surface area (Å²) in [5.74, 6) is 1.22. The normalized spacial score (nSPS) is 10.8. The number of anilines is 1. The number of carbonyl (C=O) groups excluding carboxylic acids is 1. The summed E-state index contributed by atoms with van der Waals surface area (Å²) in [7, 11) is 0. The molecule has 1 aromatic heterocycles. The van der Waals surface area contributed by atoms with Gasteiger partial charge in [-0.2, -0.15) is 0 Å². The monoisotopic (exact) mass is 347 g/mol. The minimum absolute atomic E-state index is 0.0462. The molecule has 5 nitrogen and oxygen atoms in total. The lowest BCUT2D eigenvalue weighted by atomic mass is 10.1. The molecule has 0 unspecified atom stereocenters. The fourth-order valence-electron chi connectivity index (χ4n) is 2.40. The molecule has 0 bridgehead atoms. The summed E-state index contributed by atoms with van der Waals surface area (Å²) in [4.78, 5) is 12.0. The molecular formula is C18H25N3O2S. The van der Waals surface area contributed by atoms with Crippen LogP contribution in [0.5, 0.6) is 5.75 Å². The maximum absolute atomic E-state index is 12.0. The third kappa shape index (κ3) is 5.60. The van der Waals surface area contributed by atoms with Gasteiger partial charge in [0, 0.05) is 12.3 Å². The predicted molar refractivity (Wildman–Crippen MR) is 97.8 cm³/mol. The van der Waals surface area contributed by atoms with Crippen LogP contribution >= 0.6 is 11.3 Å². The van der Waals surface area contributed by atoms with E-state index in [0.717, 1.165) is 29.2 Å². The Labute approximate surface area is 147 Å². The van der Waals surface area contributed by atoms with E-state index >= 15 is 0 Å². The first-order chi connectivity index (χ1) is 11.6. The number of nitrogens with zero attached hydrogens (tertiary/aromatic N) is 2. The average Bonchev–Trinajstić information content (AvgIpc) is 3.01. The van der Waals surface area contributed by atoms with E-state index in [4.69, 9.17) is 4.74 Å². The van der Waals surface area contributed by atoms with Gasteiger partial charge in [0.1, 0.15) is 10.8 Å². The number of aromatic nitrogens is 2. The van der Waals surface area contributed by atoms with Crippen LogP contribution in [-0.4, -0.2) is 22.7 Å². The Balaban J connectivity index is 1.71. The molecule has 24 heavy (non-hydrogen) atoms. The quantitative estimate of drug-likeness (QED) is 0.676. The molecule has 0 fully saturated rings. The van der Waals surface area contributed by atoms with Crippen molar-refractivity contribution in [2.75, 3.05) is 11.9 Å². The highest BCUT2D eigenvalue weighted by Crippen LogP contribution is 2.28. The molecule has 0 saturated heterocycles. The Morgan fingerprint density at radius 2 is 2.08 bits per heavy atom. The molecule has 0 aliphatic rings. The number of benzene rings is 1. The molecule has 0 aliphatic heterocycles. The lowest BCUT2D eigenvalue weighted by Crippen LogP contribution is -2.12. The minimum Gasteiger partial charge on any atom is -0.494 e. The third-order valence-electron chi connectivity index (χ3n) is 3.83. The molecular weight excluding hydrogens is 322 g/mol. The van der Waals surface area contributed by atoms with Gasteiger partial charge in [0.2, 0.25) is 11.0 Å². The maximum Gasteiger partial charge on any atom is 0.226 e. The summed E-state index contributed by atoms with van der Waals surface area (Å²) in [6.07, 6.45) is 3.15. The Morgan fingerprint density at radius 3 is 2.79 bits per heavy atom. The summed E-state index contributed by atoms with van der Waals surface area (Å²) < 4.78 is 5.65. The molecule has 0 saturated carbocycles. The molecule has 130 valence electrons. The van der Waals surface area contributed by atoms with Gasteiger partial charge in [-0.3, -0.25) is 4.79 Å². The SMILES string of the molecule is CCC(CC)c1nnc(NC(=O)CCCOc2cccc(C)c2)s1. The molecule has 0 spiro atoms. The highest BCUT2D eigenvalue weighted by atomic mass is 32.1. The zero-order valence-corrected chi connectivity index (χ0v) is 15.4. The van der Waals surface area contributed by atoms with E-state index in [0.29, 0.717) is 30.5 Å². The molecule has 2 rings (SSSR count). The van der Waals surface area contributed by atoms with E-state index in [1.807, 2.05) is 31.2 Å². The zero-order valence-electron chi connectivity index (χ0n) is 14.5. The number of ether oxygens (including phenoxy) is 1. The van der Waals surface area contributed by atoms with Gasteiger partial charge in [-0.25, -0.2) is 0 Å². The van der Waals surface area contributed by atoms with Crippen molar-refractivity contribution < 1.29 is 9.53 Å². The van der Waals surface area contributed by atoms with Crippen molar-refractivity contribution in [2.45, 2.75) is 52.4 Å². The summed E-state index contributed by atoms with van der Waals surface area (Å²) in [5, 5.41) is 12.7. The van der Waals surface area contributed by atoms with Crippen LogP contribution in [0, 0.1) is 6.92 Å². The predicted octanol–water partition coefficient (Wildman–Crippen LogP) is 4.55. The fourth-order valence-corrected chi connectivity index (χ4v) is 3.42. The summed E-state index contributed by atoms with van der Waals surface area (Å²) in [6, 6.07) is 7.90. The molecule has 0 atom stereocenters. The minimum atomic E-state index is -0.0462. The Kier molecular flexibility index (Phi) is 7.18. The van der Waals surface area contributed by atoms with Gasteiger partial charge >= 0.3 is 0 Å². The van der Waals surface area contributed by atoms with Gasteiger partial charge in [-0.1, -0.05) is 37.3 Å². The number of hydrogen-bond acceptors (Lipinski definition) is 5. The second-order valence-electron chi connectivity index (χ2n) is 5.78. The van der Waals surface area contributed by atoms with Gasteiger partial charge in [0.25, 0.3) is 0 Å². The smallest absolute Gasteiger partial charge is 0.226 e. The van der Waals surface area contributed by atoms with Crippen molar-refractivity contribution in [3.05, 3.63) is 34.8 Å². The Bertz CT molecular complexity index is 653. The lowest BCUT2D eigenvalue weighted by molar-refractivity contribution is -0.116. The lowest BCUT2D eigenvalue weighted by Gasteiger charge is -2.07. The van der Waals surface area contributed by atoms with Crippen LogP contribution in [0.25, 0.3) is 0 Å². The van der Waals surface area contributed by atoms with Crippen LogP contribution in [0.15, 0.2) is 24.3 Å². The molecule has 6 heteroatoms. The molecule has 1 heterocycles. The van der Waals surface area contributed by atoms with E-state index in [9.17, 15) is 4.79 Å². The number of rotatable bonds is 9. The largest absolute Gasteiger partial charge is 0.494 e. The second-order valence-corrected chi connectivity index (χ2v) is 6.78. The van der Waals surface area contributed by atoms with Crippen LogP contribution in [0.3, 0.4) is 0 Å². The van der Waals surface area contributed by atoms with Crippen molar-refractivity contribution >= 4 is 22.4 Å². The van der Waals surface area contributed by atoms with E-state index < -0.39 is 0 Å². The Hall–Kier alpha value is -1.95. The number of nitrogens with one attached hydrogen (secondary N) is 1. The average molecular weight is 347 g/mol. The summed E-state index contributed by atoms with van der Waals surface area (Å²) >= 11 is 1.47. The van der Waals surface area contributed by atoms with Gasteiger partial charge in [0.05, 0.1) is 6.61 Å². The molecule has 2 aromatic rings. The summed E-state index contributed by atoms with van der Waals surface area (Å²) in [6.45, 7) is 6.83. The van der Waals surface area contributed by atoms with Gasteiger partial charge in [-0.05, 0) is 43.9 Å². The van der Waals surface area contributed by atoms with Crippen molar-refractivity contribution in [1.82, 2.24) is 10.2 Å². The van der Waals surface area contributed by atoms with Crippen molar-refractivity contribution in [3.8, 4) is 5.75 Å². The number of hydrogen-bond donors (Lipinski definition) is 1. The highest BCUT2D eigenvalue weighted by molar-refractivity contribution is 7.15. The summed E-state index contributed by atoms with van der Waals surface area (Å²) in [5.41, 5.74) is 1.16. The van der Waals surface area contributed by atoms with Crippen LogP contribution in [-0.2, 0) is 4.79 Å². The highest BCUT2D eigenvalue weighted by Gasteiger charge is 2.14. The molecule has 1 N–H and O–H groups in total. The van der Waals surface area contributed by atoms with E-state index in [1.165, 1.54) is 11.3 Å². The van der Waals surface area contributed by atoms with Crippen LogP contribution in [0.2, 0.25) is 0 Å². The van der Waals surface area contributed by atoms with E-state index in [2.05, 4.69) is 29.4 Å². The van der Waals surface area contributed by atoms with Gasteiger partial charge in [-0.15, -0.1) is 10.2 Å². The maximum atomic E-state index is 12.0. The topological polar surface area (TPSA) is 64.1 Å². The van der Waals surface area contributed by atoms with Gasteiger partial charge < -0.3 is 10.1 Å². The molecule has 1 amide bonds. The first kappa shape index (κ1) is 18.4. The number of aryl methyl sites for hydroxylation is 1. The second kappa shape index (κ2) is 9.37. The van der Waals surface area contributed by atoms with E-state index in [-0.39, 0.29) is 5.91 Å². The number of amides is 1. The zero-order chi connectivity index (χ0) is 17.4. The Morgan fingerprint density at radius 1 is 1.29 bits per heavy atom. The van der Waals surface area contributed by atoms with E-state index in [1.54, 1.807) is 0 Å². The molecule has 0 aliphatic carbocycles. The third-order valence-corrected chi connectivity index (χ3v) is 4.83. The molecule has 1 aromatic carbocycles. The number of carbonyl (C=O) groups is 1. The van der Waals surface area contributed by atoms with Crippen LogP contribution in [0.4, 0.5) is 5.13 Å². The van der Waals surface area contributed by atoms with Crippen molar-refractivity contribution in [3.63, 3.8) is 0 Å². The van der Waals surface area contributed by atoms with Gasteiger partial charge in [0.15, 0.2) is 0 Å². The standard InChI is InChI=1S/C18H25N3O2S/c1-4-14(5-2)17-20-21-18(24-17)19-16(22)10-7-11-23-15-9-6-8-13(3)12-15/h6,8-9,12,14H,4-5,7,10-11H2,1-3H3,(H,19,21,22). The van der Waals surface area contributed by atoms with Crippen LogP contribution < -0.4 is 10.1 Å². The molecule has 0 radical (unpaired) electrons. The fraction of sp³-hybridized carbons (Fsp3) is 0.500. The first-order valence-corrected chi connectivity index (χ1v) is 9.26. The van der Waals surface area contributed by atoms with Crippen LogP contribution in [0.1, 0.15) is 56.0 Å². The first-order valence-electron chi connectivity index (χ1n) is 8.45. The van der Waals surface area contributed by atoms with Crippen molar-refractivity contribution in [1.29, 1.82) is 0 Å².